The second kappa shape index (κ2) is 4.58. The molecule has 0 aromatic heterocycles. The molecule has 1 saturated heterocycles. The first-order valence-electron chi connectivity index (χ1n) is 4.62. The normalized spacial score (nSPS) is 25.3. The summed E-state index contributed by atoms with van der Waals surface area (Å²) in [6.45, 7) is 2.50. The smallest absolute Gasteiger partial charge is 0.251 e. The predicted octanol–water partition coefficient (Wildman–Crippen LogP) is -0.205. The van der Waals surface area contributed by atoms with Crippen LogP contribution in [0.4, 0.5) is 0 Å². The lowest BCUT2D eigenvalue weighted by Gasteiger charge is -2.18. The Balaban J connectivity index is 2.46. The summed E-state index contributed by atoms with van der Waals surface area (Å²) in [5.41, 5.74) is 0. The van der Waals surface area contributed by atoms with Gasteiger partial charge >= 0.3 is 0 Å². The van der Waals surface area contributed by atoms with Gasteiger partial charge in [-0.15, -0.1) is 0 Å². The lowest BCUT2D eigenvalue weighted by molar-refractivity contribution is -0.140. The van der Waals surface area contributed by atoms with Gasteiger partial charge in [0.25, 0.3) is 5.91 Å². The zero-order valence-corrected chi connectivity index (χ0v) is 8.62. The van der Waals surface area contributed by atoms with Crippen molar-refractivity contribution in [2.24, 2.45) is 0 Å². The van der Waals surface area contributed by atoms with Crippen molar-refractivity contribution in [3.8, 4) is 0 Å². The molecule has 1 unspecified atom stereocenters. The van der Waals surface area contributed by atoms with E-state index in [1.165, 1.54) is 0 Å². The maximum Gasteiger partial charge on any atom is 0.251 e. The minimum Gasteiger partial charge on any atom is -0.367 e. The molecule has 4 heteroatoms. The average molecular weight is 186 g/mol. The fraction of sp³-hybridized carbons (Fsp3) is 0.889. The fourth-order valence-electron chi connectivity index (χ4n) is 1.37. The largest absolute Gasteiger partial charge is 0.367 e. The van der Waals surface area contributed by atoms with E-state index in [4.69, 9.17) is 4.74 Å². The molecule has 0 aromatic carbocycles. The summed E-state index contributed by atoms with van der Waals surface area (Å²) in [6, 6.07) is 0. The molecule has 76 valence electrons. The SMILES string of the molecule is CN1CCOC(C(=O)N(C)C)CC1. The van der Waals surface area contributed by atoms with Crippen LogP contribution >= 0.6 is 0 Å². The van der Waals surface area contributed by atoms with Crippen LogP contribution in [0.25, 0.3) is 0 Å². The Morgan fingerprint density at radius 3 is 2.77 bits per heavy atom. The lowest BCUT2D eigenvalue weighted by atomic mass is 10.2. The number of rotatable bonds is 1. The van der Waals surface area contributed by atoms with Crippen molar-refractivity contribution < 1.29 is 9.53 Å². The topological polar surface area (TPSA) is 32.8 Å². The first-order valence-corrected chi connectivity index (χ1v) is 4.62. The Bertz CT molecular complexity index is 182. The molecule has 0 bridgehead atoms. The first kappa shape index (κ1) is 10.5. The minimum atomic E-state index is -0.236. The van der Waals surface area contributed by atoms with Gasteiger partial charge in [-0.05, 0) is 13.5 Å². The zero-order valence-electron chi connectivity index (χ0n) is 8.62. The molecule has 4 nitrogen and oxygen atoms in total. The van der Waals surface area contributed by atoms with Crippen molar-refractivity contribution in [2.75, 3.05) is 40.8 Å². The molecular formula is C9H18N2O2. The molecule has 1 aliphatic rings. The van der Waals surface area contributed by atoms with Gasteiger partial charge in [0.1, 0.15) is 6.10 Å². The molecule has 0 saturated carbocycles. The number of amides is 1. The van der Waals surface area contributed by atoms with Crippen LogP contribution in [-0.2, 0) is 9.53 Å². The van der Waals surface area contributed by atoms with Gasteiger partial charge in [-0.2, -0.15) is 0 Å². The van der Waals surface area contributed by atoms with Crippen LogP contribution in [0.1, 0.15) is 6.42 Å². The van der Waals surface area contributed by atoms with Crippen LogP contribution in [0.3, 0.4) is 0 Å². The second-order valence-corrected chi connectivity index (χ2v) is 3.68. The number of hydrogen-bond donors (Lipinski definition) is 0. The molecule has 13 heavy (non-hydrogen) atoms. The van der Waals surface area contributed by atoms with E-state index in [0.29, 0.717) is 6.61 Å². The summed E-state index contributed by atoms with van der Waals surface area (Å²) in [4.78, 5) is 15.3. The van der Waals surface area contributed by atoms with E-state index in [-0.39, 0.29) is 12.0 Å². The third kappa shape index (κ3) is 2.97. The van der Waals surface area contributed by atoms with Crippen molar-refractivity contribution in [3.63, 3.8) is 0 Å². The van der Waals surface area contributed by atoms with E-state index in [9.17, 15) is 4.79 Å². The minimum absolute atomic E-state index is 0.0790. The summed E-state index contributed by atoms with van der Waals surface area (Å²) >= 11 is 0. The van der Waals surface area contributed by atoms with Crippen LogP contribution in [0.15, 0.2) is 0 Å². The Kier molecular flexibility index (Phi) is 3.69. The summed E-state index contributed by atoms with van der Waals surface area (Å²) in [5.74, 6) is 0.0790. The van der Waals surface area contributed by atoms with Gasteiger partial charge in [-0.3, -0.25) is 4.79 Å². The van der Waals surface area contributed by atoms with E-state index in [0.717, 1.165) is 19.5 Å². The molecule has 0 aliphatic carbocycles. The number of nitrogens with zero attached hydrogens (tertiary/aromatic N) is 2. The number of likely N-dealkylation sites (N-methyl/N-ethyl adjacent to an activating group) is 2. The standard InChI is InChI=1S/C9H18N2O2/c1-10(2)9(12)8-4-5-11(3)6-7-13-8/h8H,4-7H2,1-3H3. The average Bonchev–Trinajstić information content (AvgIpc) is 2.28. The maximum atomic E-state index is 11.5. The van der Waals surface area contributed by atoms with Crippen LogP contribution in [0.5, 0.6) is 0 Å². The molecule has 1 fully saturated rings. The summed E-state index contributed by atoms with van der Waals surface area (Å²) in [5, 5.41) is 0. The van der Waals surface area contributed by atoms with Crippen molar-refractivity contribution in [1.29, 1.82) is 0 Å². The highest BCUT2D eigenvalue weighted by atomic mass is 16.5. The van der Waals surface area contributed by atoms with Crippen LogP contribution in [0, 0.1) is 0 Å². The van der Waals surface area contributed by atoms with Crippen LogP contribution < -0.4 is 0 Å². The van der Waals surface area contributed by atoms with E-state index < -0.39 is 0 Å². The van der Waals surface area contributed by atoms with E-state index in [2.05, 4.69) is 4.90 Å². The Labute approximate surface area is 79.4 Å². The van der Waals surface area contributed by atoms with E-state index >= 15 is 0 Å². The fourth-order valence-corrected chi connectivity index (χ4v) is 1.37. The van der Waals surface area contributed by atoms with Crippen LogP contribution in [-0.4, -0.2) is 62.7 Å². The molecule has 1 rings (SSSR count). The van der Waals surface area contributed by atoms with E-state index in [1.54, 1.807) is 19.0 Å². The number of carbonyl (C=O) groups excluding carboxylic acids is 1. The molecule has 0 spiro atoms. The number of carbonyl (C=O) groups is 1. The predicted molar refractivity (Wildman–Crippen MR) is 50.5 cm³/mol. The van der Waals surface area contributed by atoms with Gasteiger partial charge in [0, 0.05) is 27.2 Å². The van der Waals surface area contributed by atoms with Crippen molar-refractivity contribution in [2.45, 2.75) is 12.5 Å². The van der Waals surface area contributed by atoms with E-state index in [1.807, 2.05) is 7.05 Å². The molecule has 1 aliphatic heterocycles. The highest BCUT2D eigenvalue weighted by molar-refractivity contribution is 5.80. The highest BCUT2D eigenvalue weighted by Crippen LogP contribution is 2.07. The Morgan fingerprint density at radius 2 is 2.15 bits per heavy atom. The van der Waals surface area contributed by atoms with Crippen molar-refractivity contribution >= 4 is 5.91 Å². The Morgan fingerprint density at radius 1 is 1.46 bits per heavy atom. The van der Waals surface area contributed by atoms with Gasteiger partial charge in [0.05, 0.1) is 6.61 Å². The zero-order chi connectivity index (χ0) is 9.84. The number of ether oxygens (including phenoxy) is 1. The lowest BCUT2D eigenvalue weighted by Crippen LogP contribution is -2.35. The third-order valence-electron chi connectivity index (χ3n) is 2.28. The Hall–Kier alpha value is -0.610. The van der Waals surface area contributed by atoms with Crippen LogP contribution in [0.2, 0.25) is 0 Å². The molecular weight excluding hydrogens is 168 g/mol. The second-order valence-electron chi connectivity index (χ2n) is 3.68. The molecule has 0 radical (unpaired) electrons. The van der Waals surface area contributed by atoms with Gasteiger partial charge in [0.15, 0.2) is 0 Å². The quantitative estimate of drug-likeness (QED) is 0.568. The van der Waals surface area contributed by atoms with Crippen molar-refractivity contribution in [3.05, 3.63) is 0 Å². The van der Waals surface area contributed by atoms with Gasteiger partial charge in [0.2, 0.25) is 0 Å². The van der Waals surface area contributed by atoms with Gasteiger partial charge in [-0.1, -0.05) is 0 Å². The summed E-state index contributed by atoms with van der Waals surface area (Å²) in [6.07, 6.45) is 0.563. The highest BCUT2D eigenvalue weighted by Gasteiger charge is 2.23. The number of hydrogen-bond acceptors (Lipinski definition) is 3. The molecule has 1 atom stereocenters. The third-order valence-corrected chi connectivity index (χ3v) is 2.28. The van der Waals surface area contributed by atoms with Gasteiger partial charge in [-0.25, -0.2) is 0 Å². The monoisotopic (exact) mass is 186 g/mol. The molecule has 0 N–H and O–H groups in total. The van der Waals surface area contributed by atoms with Crippen molar-refractivity contribution in [1.82, 2.24) is 9.80 Å². The summed E-state index contributed by atoms with van der Waals surface area (Å²) < 4.78 is 5.46. The summed E-state index contributed by atoms with van der Waals surface area (Å²) in [7, 11) is 5.58. The molecule has 1 amide bonds. The molecule has 1 heterocycles. The maximum absolute atomic E-state index is 11.5. The first-order chi connectivity index (χ1) is 6.11. The molecule has 0 aromatic rings. The van der Waals surface area contributed by atoms with Gasteiger partial charge < -0.3 is 14.5 Å².